The Morgan fingerprint density at radius 1 is 1.00 bits per heavy atom. The zero-order chi connectivity index (χ0) is 12.3. The number of hydrogen-bond donors (Lipinski definition) is 0. The van der Waals surface area contributed by atoms with Crippen molar-refractivity contribution in [3.63, 3.8) is 0 Å². The predicted molar refractivity (Wildman–Crippen MR) is 73.1 cm³/mol. The molecular formula is C13H17Cl2NW. The molecular weight excluding hydrogens is 425 g/mol. The fourth-order valence-electron chi connectivity index (χ4n) is 1.99. The molecule has 0 bridgehead atoms. The molecule has 17 heavy (non-hydrogen) atoms. The molecule has 0 atom stereocenters. The Balaban J connectivity index is 2.39. The van der Waals surface area contributed by atoms with Gasteiger partial charge < -0.3 is 0 Å². The van der Waals surface area contributed by atoms with Crippen LogP contribution in [0.15, 0.2) is 27.8 Å². The molecule has 0 aromatic heterocycles. The van der Waals surface area contributed by atoms with Crippen molar-refractivity contribution in [1.29, 1.82) is 0 Å². The summed E-state index contributed by atoms with van der Waals surface area (Å²) in [6.07, 6.45) is 5.96. The third-order valence-electron chi connectivity index (χ3n) is 3.01. The zero-order valence-electron chi connectivity index (χ0n) is 9.96. The number of halogens is 2. The molecule has 1 aromatic rings. The Morgan fingerprint density at radius 2 is 1.59 bits per heavy atom. The van der Waals surface area contributed by atoms with E-state index in [4.69, 9.17) is 18.8 Å². The molecule has 4 heteroatoms. The number of hydrogen-bond acceptors (Lipinski definition) is 1. The quantitative estimate of drug-likeness (QED) is 0.552. The first-order valence-electron chi connectivity index (χ1n) is 5.95. The molecule has 0 spiro atoms. The average molecular weight is 442 g/mol. The molecule has 0 amide bonds. The monoisotopic (exact) mass is 441 g/mol. The van der Waals surface area contributed by atoms with Gasteiger partial charge in [-0.25, -0.2) is 0 Å². The van der Waals surface area contributed by atoms with Crippen molar-refractivity contribution in [1.82, 2.24) is 0 Å². The molecule has 0 N–H and O–H groups in total. The van der Waals surface area contributed by atoms with Gasteiger partial charge in [0.1, 0.15) is 0 Å². The molecule has 1 fully saturated rings. The topological polar surface area (TPSA) is 12.4 Å². The Labute approximate surface area is 114 Å². The van der Waals surface area contributed by atoms with Crippen LogP contribution in [0.3, 0.4) is 0 Å². The van der Waals surface area contributed by atoms with Crippen molar-refractivity contribution in [3.05, 3.63) is 29.8 Å². The Kier molecular flexibility index (Phi) is 4.69. The Bertz CT molecular complexity index is 495. The molecule has 0 heterocycles. The van der Waals surface area contributed by atoms with Gasteiger partial charge in [0.25, 0.3) is 0 Å². The summed E-state index contributed by atoms with van der Waals surface area (Å²) in [6.45, 7) is 2.07. The minimum atomic E-state index is -3.34. The van der Waals surface area contributed by atoms with Gasteiger partial charge in [-0.15, -0.1) is 0 Å². The summed E-state index contributed by atoms with van der Waals surface area (Å²) in [4.78, 5) is 0. The summed E-state index contributed by atoms with van der Waals surface area (Å²) < 4.78 is 6.03. The van der Waals surface area contributed by atoms with Crippen molar-refractivity contribution in [2.75, 3.05) is 0 Å². The molecule has 0 radical (unpaired) electrons. The first-order valence-corrected chi connectivity index (χ1v) is 16.0. The van der Waals surface area contributed by atoms with E-state index in [9.17, 15) is 0 Å². The number of benzene rings is 1. The fourth-order valence-corrected chi connectivity index (χ4v) is 10.5. The van der Waals surface area contributed by atoms with Gasteiger partial charge in [-0.2, -0.15) is 0 Å². The van der Waals surface area contributed by atoms with Gasteiger partial charge in [-0.05, 0) is 0 Å². The molecule has 0 saturated heterocycles. The van der Waals surface area contributed by atoms with Crippen LogP contribution in [-0.4, -0.2) is 3.90 Å². The van der Waals surface area contributed by atoms with Crippen LogP contribution in [0.5, 0.6) is 0 Å². The van der Waals surface area contributed by atoms with E-state index in [2.05, 4.69) is 22.6 Å². The van der Waals surface area contributed by atoms with Crippen molar-refractivity contribution in [2.45, 2.75) is 39.0 Å². The molecule has 94 valence electrons. The molecule has 1 aliphatic carbocycles. The summed E-state index contributed by atoms with van der Waals surface area (Å²) >= 11 is -3.34. The third-order valence-corrected chi connectivity index (χ3v) is 13.3. The predicted octanol–water partition coefficient (Wildman–Crippen LogP) is 5.41. The van der Waals surface area contributed by atoms with Gasteiger partial charge in [0.2, 0.25) is 0 Å². The maximum atomic E-state index is 6.56. The number of nitrogens with zero attached hydrogens (tertiary/aromatic N) is 1. The van der Waals surface area contributed by atoms with Crippen LogP contribution >= 0.6 is 18.8 Å². The molecule has 1 aromatic carbocycles. The van der Waals surface area contributed by atoms with E-state index in [1.54, 1.807) is 0 Å². The van der Waals surface area contributed by atoms with Gasteiger partial charge in [0.05, 0.1) is 0 Å². The second kappa shape index (κ2) is 5.87. The van der Waals surface area contributed by atoms with E-state index in [-0.39, 0.29) is 0 Å². The van der Waals surface area contributed by atoms with Crippen molar-refractivity contribution in [2.24, 2.45) is 3.50 Å². The molecule has 1 saturated carbocycles. The SMILES string of the molecule is Cc1ccc([N]=[W]([Cl])([Cl])=[C]2CCCCC2)cc1. The first-order chi connectivity index (χ1) is 8.08. The summed E-state index contributed by atoms with van der Waals surface area (Å²) in [5.41, 5.74) is 2.17. The summed E-state index contributed by atoms with van der Waals surface area (Å²) in [5, 5.41) is 0. The summed E-state index contributed by atoms with van der Waals surface area (Å²) in [5.74, 6) is 0. The molecule has 1 aliphatic rings. The van der Waals surface area contributed by atoms with Crippen LogP contribution in [-0.2, 0) is 13.3 Å². The zero-order valence-corrected chi connectivity index (χ0v) is 14.4. The summed E-state index contributed by atoms with van der Waals surface area (Å²) in [6, 6.07) is 8.13. The average Bonchev–Trinajstić information content (AvgIpc) is 2.33. The molecule has 2 rings (SSSR count). The normalized spacial score (nSPS) is 17.0. The third kappa shape index (κ3) is 3.81. The first kappa shape index (κ1) is 13.6. The van der Waals surface area contributed by atoms with E-state index >= 15 is 0 Å². The van der Waals surface area contributed by atoms with Crippen LogP contribution in [0, 0.1) is 6.92 Å². The van der Waals surface area contributed by atoms with Crippen LogP contribution in [0.4, 0.5) is 5.69 Å². The van der Waals surface area contributed by atoms with E-state index in [1.807, 2.05) is 12.1 Å². The Morgan fingerprint density at radius 3 is 2.18 bits per heavy atom. The van der Waals surface area contributed by atoms with E-state index < -0.39 is 13.3 Å². The van der Waals surface area contributed by atoms with Crippen LogP contribution < -0.4 is 0 Å². The minimum absolute atomic E-state index is 0.939. The molecule has 0 unspecified atom stereocenters. The number of rotatable bonds is 1. The number of aryl methyl sites for hydroxylation is 1. The van der Waals surface area contributed by atoms with E-state index in [1.165, 1.54) is 28.7 Å². The van der Waals surface area contributed by atoms with E-state index in [0.717, 1.165) is 18.5 Å². The van der Waals surface area contributed by atoms with Crippen molar-refractivity contribution >= 4 is 28.4 Å². The standard InChI is InChI=1S/C7H7N.C6H10.2ClH.W/c1-6-2-4-7(8)5-3-6;1-2-4-6-5-3-1;;;/h2-5H,1H3;1-5H2;2*1H;/q;;;;+2/p-2. The molecule has 1 nitrogen and oxygen atoms in total. The molecule has 0 aliphatic heterocycles. The second-order valence-corrected chi connectivity index (χ2v) is 19.0. The maximum absolute atomic E-state index is 6.56. The van der Waals surface area contributed by atoms with Crippen LogP contribution in [0.25, 0.3) is 0 Å². The van der Waals surface area contributed by atoms with Gasteiger partial charge in [0, 0.05) is 0 Å². The van der Waals surface area contributed by atoms with Gasteiger partial charge in [-0.3, -0.25) is 0 Å². The van der Waals surface area contributed by atoms with Crippen LogP contribution in [0.1, 0.15) is 37.7 Å². The van der Waals surface area contributed by atoms with Gasteiger partial charge in [-0.1, -0.05) is 0 Å². The Hall–Kier alpha value is 0.158. The van der Waals surface area contributed by atoms with Crippen molar-refractivity contribution in [3.8, 4) is 0 Å². The van der Waals surface area contributed by atoms with Crippen LogP contribution in [0.2, 0.25) is 0 Å². The fraction of sp³-hybridized carbons (Fsp3) is 0.462. The van der Waals surface area contributed by atoms with E-state index in [0.29, 0.717) is 0 Å². The van der Waals surface area contributed by atoms with Gasteiger partial charge in [0.15, 0.2) is 0 Å². The second-order valence-electron chi connectivity index (χ2n) is 4.47. The van der Waals surface area contributed by atoms with Gasteiger partial charge >= 0.3 is 114 Å². The van der Waals surface area contributed by atoms with Crippen molar-refractivity contribution < 1.29 is 13.3 Å². The summed E-state index contributed by atoms with van der Waals surface area (Å²) in [7, 11) is 13.1.